The van der Waals surface area contributed by atoms with Crippen LogP contribution in [0.4, 0.5) is 5.69 Å². The van der Waals surface area contributed by atoms with Gasteiger partial charge in [0.15, 0.2) is 6.61 Å². The monoisotopic (exact) mass is 320 g/mol. The van der Waals surface area contributed by atoms with E-state index in [9.17, 15) is 14.4 Å². The van der Waals surface area contributed by atoms with Crippen LogP contribution in [0.3, 0.4) is 0 Å². The molecule has 0 aliphatic carbocycles. The van der Waals surface area contributed by atoms with Gasteiger partial charge in [-0.2, -0.15) is 0 Å². The molecule has 1 aromatic rings. The van der Waals surface area contributed by atoms with Crippen LogP contribution in [0.25, 0.3) is 0 Å². The Kier molecular flexibility index (Phi) is 4.88. The molecule has 1 aliphatic rings. The maximum atomic E-state index is 12.0. The summed E-state index contributed by atoms with van der Waals surface area (Å²) in [4.78, 5) is 36.4. The van der Waals surface area contributed by atoms with Gasteiger partial charge < -0.3 is 15.2 Å². The van der Waals surface area contributed by atoms with Gasteiger partial charge in [0.2, 0.25) is 5.91 Å². The average molecular weight is 320 g/mol. The maximum Gasteiger partial charge on any atom is 0.309 e. The number of rotatable bonds is 6. The molecule has 0 spiro atoms. The molecule has 2 rings (SSSR count). The van der Waals surface area contributed by atoms with E-state index in [1.165, 1.54) is 4.90 Å². The molecule has 0 fully saturated rings. The molecule has 0 saturated heterocycles. The van der Waals surface area contributed by atoms with Gasteiger partial charge in [-0.05, 0) is 32.4 Å². The molecule has 0 radical (unpaired) electrons. The Labute approximate surface area is 134 Å². The number of carbonyl (C=O) groups is 3. The van der Waals surface area contributed by atoms with Gasteiger partial charge in [0.25, 0.3) is 5.91 Å². The van der Waals surface area contributed by atoms with Crippen molar-refractivity contribution in [2.45, 2.75) is 20.3 Å². The van der Waals surface area contributed by atoms with E-state index in [4.69, 9.17) is 9.84 Å². The fourth-order valence-electron chi connectivity index (χ4n) is 2.15. The number of carboxylic acids is 1. The van der Waals surface area contributed by atoms with Crippen molar-refractivity contribution in [1.29, 1.82) is 0 Å². The van der Waals surface area contributed by atoms with Crippen LogP contribution in [0.5, 0.6) is 5.75 Å². The number of carboxylic acid groups (broad SMARTS) is 1. The molecule has 124 valence electrons. The minimum atomic E-state index is -0.913. The lowest BCUT2D eigenvalue weighted by atomic mass is 9.90. The number of para-hydroxylation sites is 2. The molecule has 1 aromatic carbocycles. The summed E-state index contributed by atoms with van der Waals surface area (Å²) in [5.41, 5.74) is -0.348. The lowest BCUT2D eigenvalue weighted by Crippen LogP contribution is -2.45. The van der Waals surface area contributed by atoms with Crippen molar-refractivity contribution in [2.24, 2.45) is 5.41 Å². The number of nitrogens with zero attached hydrogens (tertiary/aromatic N) is 1. The molecule has 0 aromatic heterocycles. The average Bonchev–Trinajstić information content (AvgIpc) is 2.50. The minimum absolute atomic E-state index is 0.101. The zero-order chi connectivity index (χ0) is 17.0. The van der Waals surface area contributed by atoms with Crippen molar-refractivity contribution >= 4 is 23.5 Å². The van der Waals surface area contributed by atoms with Gasteiger partial charge >= 0.3 is 5.97 Å². The number of benzene rings is 1. The summed E-state index contributed by atoms with van der Waals surface area (Å²) in [6.07, 6.45) is 0.307. The smallest absolute Gasteiger partial charge is 0.309 e. The van der Waals surface area contributed by atoms with E-state index in [-0.39, 0.29) is 31.5 Å². The lowest BCUT2D eigenvalue weighted by Gasteiger charge is -2.28. The summed E-state index contributed by atoms with van der Waals surface area (Å²) < 4.78 is 5.31. The summed E-state index contributed by atoms with van der Waals surface area (Å²) in [5, 5.41) is 11.7. The molecular formula is C16H20N2O5. The van der Waals surface area contributed by atoms with E-state index in [1.54, 1.807) is 38.1 Å². The molecule has 0 atom stereocenters. The second kappa shape index (κ2) is 6.68. The zero-order valence-electron chi connectivity index (χ0n) is 13.2. The quantitative estimate of drug-likeness (QED) is 0.816. The van der Waals surface area contributed by atoms with Gasteiger partial charge in [-0.3, -0.25) is 19.3 Å². The standard InChI is InChI=1S/C16H20N2O5/c1-16(2,15(21)22)7-8-17-13(19)9-18-11-5-3-4-6-12(11)23-10-14(18)20/h3-6H,7-10H2,1-2H3,(H,17,19)(H,21,22). The highest BCUT2D eigenvalue weighted by Gasteiger charge is 2.28. The topological polar surface area (TPSA) is 95.9 Å². The van der Waals surface area contributed by atoms with Gasteiger partial charge in [0.1, 0.15) is 12.3 Å². The molecule has 0 bridgehead atoms. The van der Waals surface area contributed by atoms with E-state index in [0.29, 0.717) is 17.9 Å². The predicted octanol–water partition coefficient (Wildman–Crippen LogP) is 1.03. The van der Waals surface area contributed by atoms with Crippen LogP contribution in [-0.4, -0.2) is 42.6 Å². The first-order valence-electron chi connectivity index (χ1n) is 7.33. The Morgan fingerprint density at radius 3 is 2.74 bits per heavy atom. The lowest BCUT2D eigenvalue weighted by molar-refractivity contribution is -0.147. The third kappa shape index (κ3) is 4.00. The number of nitrogens with one attached hydrogen (secondary N) is 1. The van der Waals surface area contributed by atoms with E-state index in [2.05, 4.69) is 5.32 Å². The first-order valence-corrected chi connectivity index (χ1v) is 7.33. The summed E-state index contributed by atoms with van der Waals surface area (Å²) in [7, 11) is 0. The van der Waals surface area contributed by atoms with Crippen molar-refractivity contribution in [2.75, 3.05) is 24.6 Å². The first-order chi connectivity index (χ1) is 10.8. The summed E-state index contributed by atoms with van der Waals surface area (Å²) in [6, 6.07) is 7.01. The molecule has 23 heavy (non-hydrogen) atoms. The predicted molar refractivity (Wildman–Crippen MR) is 83.3 cm³/mol. The minimum Gasteiger partial charge on any atom is -0.482 e. The Hall–Kier alpha value is -2.57. The summed E-state index contributed by atoms with van der Waals surface area (Å²) in [6.45, 7) is 3.22. The Morgan fingerprint density at radius 1 is 1.35 bits per heavy atom. The van der Waals surface area contributed by atoms with Crippen LogP contribution < -0.4 is 15.0 Å². The molecule has 7 nitrogen and oxygen atoms in total. The van der Waals surface area contributed by atoms with Gasteiger partial charge in [-0.15, -0.1) is 0 Å². The summed E-state index contributed by atoms with van der Waals surface area (Å²) in [5.74, 6) is -0.975. The molecular weight excluding hydrogens is 300 g/mol. The summed E-state index contributed by atoms with van der Waals surface area (Å²) >= 11 is 0. The van der Waals surface area contributed by atoms with Crippen molar-refractivity contribution in [3.05, 3.63) is 24.3 Å². The number of aliphatic carboxylic acids is 1. The molecule has 0 saturated carbocycles. The first kappa shape index (κ1) is 16.8. The highest BCUT2D eigenvalue weighted by Crippen LogP contribution is 2.31. The number of ether oxygens (including phenoxy) is 1. The van der Waals surface area contributed by atoms with Crippen molar-refractivity contribution in [3.63, 3.8) is 0 Å². The van der Waals surface area contributed by atoms with Gasteiger partial charge in [-0.1, -0.05) is 12.1 Å². The fourth-order valence-corrected chi connectivity index (χ4v) is 2.15. The maximum absolute atomic E-state index is 12.0. The van der Waals surface area contributed by atoms with E-state index in [1.807, 2.05) is 0 Å². The molecule has 7 heteroatoms. The SMILES string of the molecule is CC(C)(CCNC(=O)CN1C(=O)COc2ccccc21)C(=O)O. The number of hydrogen-bond acceptors (Lipinski definition) is 4. The third-order valence-corrected chi connectivity index (χ3v) is 3.76. The molecule has 2 N–H and O–H groups in total. The van der Waals surface area contributed by atoms with Crippen LogP contribution >= 0.6 is 0 Å². The van der Waals surface area contributed by atoms with Gasteiger partial charge in [-0.25, -0.2) is 0 Å². The number of anilines is 1. The van der Waals surface area contributed by atoms with Crippen molar-refractivity contribution in [3.8, 4) is 5.75 Å². The van der Waals surface area contributed by atoms with Crippen LogP contribution in [0.2, 0.25) is 0 Å². The third-order valence-electron chi connectivity index (χ3n) is 3.76. The Morgan fingerprint density at radius 2 is 2.04 bits per heavy atom. The van der Waals surface area contributed by atoms with Crippen LogP contribution in [-0.2, 0) is 14.4 Å². The fraction of sp³-hybridized carbons (Fsp3) is 0.438. The van der Waals surface area contributed by atoms with Crippen LogP contribution in [0, 0.1) is 5.41 Å². The van der Waals surface area contributed by atoms with Crippen LogP contribution in [0.15, 0.2) is 24.3 Å². The number of hydrogen-bond donors (Lipinski definition) is 2. The highest BCUT2D eigenvalue weighted by molar-refractivity contribution is 6.02. The van der Waals surface area contributed by atoms with E-state index >= 15 is 0 Å². The van der Waals surface area contributed by atoms with E-state index in [0.717, 1.165) is 0 Å². The number of fused-ring (bicyclic) bond motifs is 1. The largest absolute Gasteiger partial charge is 0.482 e. The van der Waals surface area contributed by atoms with Crippen molar-refractivity contribution in [1.82, 2.24) is 5.32 Å². The molecule has 0 unspecified atom stereocenters. The normalized spacial score (nSPS) is 14.0. The van der Waals surface area contributed by atoms with Gasteiger partial charge in [0, 0.05) is 6.54 Å². The van der Waals surface area contributed by atoms with Gasteiger partial charge in [0.05, 0.1) is 11.1 Å². The Balaban J connectivity index is 1.93. The second-order valence-corrected chi connectivity index (χ2v) is 6.03. The van der Waals surface area contributed by atoms with E-state index < -0.39 is 11.4 Å². The highest BCUT2D eigenvalue weighted by atomic mass is 16.5. The zero-order valence-corrected chi connectivity index (χ0v) is 13.2. The number of carbonyl (C=O) groups excluding carboxylic acids is 2. The number of amides is 2. The Bertz CT molecular complexity index is 627. The second-order valence-electron chi connectivity index (χ2n) is 6.03. The van der Waals surface area contributed by atoms with Crippen molar-refractivity contribution < 1.29 is 24.2 Å². The molecule has 2 amide bonds. The molecule has 1 aliphatic heterocycles. The van der Waals surface area contributed by atoms with Crippen LogP contribution in [0.1, 0.15) is 20.3 Å². The molecule has 1 heterocycles.